The van der Waals surface area contributed by atoms with Crippen LogP contribution in [0.2, 0.25) is 0 Å². The maximum atomic E-state index is 10.7. The summed E-state index contributed by atoms with van der Waals surface area (Å²) in [4.78, 5) is 25.9. The van der Waals surface area contributed by atoms with Crippen molar-refractivity contribution in [2.75, 3.05) is 6.54 Å². The van der Waals surface area contributed by atoms with E-state index in [1.54, 1.807) is 0 Å². The van der Waals surface area contributed by atoms with Crippen molar-refractivity contribution in [1.82, 2.24) is 5.06 Å². The Kier molecular flexibility index (Phi) is 9.19. The number of hydrogen-bond donors (Lipinski definition) is 1. The largest absolute Gasteiger partial charge is 0.463 e. The molecule has 0 aliphatic heterocycles. The van der Waals surface area contributed by atoms with E-state index in [1.165, 1.54) is 32.6 Å². The average molecular weight is 245 g/mol. The van der Waals surface area contributed by atoms with Crippen LogP contribution in [0.5, 0.6) is 0 Å². The van der Waals surface area contributed by atoms with Crippen LogP contribution in [-0.4, -0.2) is 28.8 Å². The molecule has 5 heteroatoms. The molecule has 0 radical (unpaired) electrons. The molecule has 0 heterocycles. The fourth-order valence-corrected chi connectivity index (χ4v) is 1.55. The van der Waals surface area contributed by atoms with E-state index in [2.05, 4.69) is 11.8 Å². The number of carboxylic acid groups (broad SMARTS) is 1. The van der Waals surface area contributed by atoms with E-state index in [1.807, 2.05) is 0 Å². The first-order valence-corrected chi connectivity index (χ1v) is 6.27. The average Bonchev–Trinajstić information content (AvgIpc) is 2.25. The fraction of sp³-hybridized carbons (Fsp3) is 0.833. The van der Waals surface area contributed by atoms with E-state index in [-0.39, 0.29) is 6.54 Å². The number of carbonyl (C=O) groups excluding carboxylic acids is 1. The summed E-state index contributed by atoms with van der Waals surface area (Å²) in [6.45, 7) is 3.62. The number of unbranched alkanes of at least 4 members (excludes halogenated alkanes) is 6. The maximum absolute atomic E-state index is 10.7. The van der Waals surface area contributed by atoms with E-state index < -0.39 is 12.1 Å². The molecule has 0 spiro atoms. The van der Waals surface area contributed by atoms with Crippen molar-refractivity contribution in [2.45, 2.75) is 58.8 Å². The SMILES string of the molecule is CCCCCCCCCN(OC(C)=O)C(=O)O. The molecule has 0 aliphatic carbocycles. The Balaban J connectivity index is 3.55. The first kappa shape index (κ1) is 15.7. The van der Waals surface area contributed by atoms with Gasteiger partial charge in [-0.15, -0.1) is 5.06 Å². The molecule has 0 aromatic carbocycles. The normalized spacial score (nSPS) is 10.0. The second-order valence-electron chi connectivity index (χ2n) is 4.09. The highest BCUT2D eigenvalue weighted by molar-refractivity contribution is 5.70. The minimum atomic E-state index is -1.22. The van der Waals surface area contributed by atoms with Gasteiger partial charge in [-0.2, -0.15) is 0 Å². The topological polar surface area (TPSA) is 66.8 Å². The zero-order chi connectivity index (χ0) is 13.1. The molecule has 0 aromatic rings. The second-order valence-corrected chi connectivity index (χ2v) is 4.09. The van der Waals surface area contributed by atoms with Crippen LogP contribution in [-0.2, 0) is 9.63 Å². The molecule has 100 valence electrons. The molecule has 1 N–H and O–H groups in total. The fourth-order valence-electron chi connectivity index (χ4n) is 1.55. The standard InChI is InChI=1S/C12H23NO4/c1-3-4-5-6-7-8-9-10-13(12(15)16)17-11(2)14/h3-10H2,1-2H3,(H,15,16). The lowest BCUT2D eigenvalue weighted by atomic mass is 10.1. The van der Waals surface area contributed by atoms with E-state index >= 15 is 0 Å². The predicted molar refractivity (Wildman–Crippen MR) is 64.5 cm³/mol. The minimum Gasteiger partial charge on any atom is -0.463 e. The molecule has 0 rings (SSSR count). The summed E-state index contributed by atoms with van der Waals surface area (Å²) < 4.78 is 0. The van der Waals surface area contributed by atoms with Gasteiger partial charge in [0.1, 0.15) is 0 Å². The van der Waals surface area contributed by atoms with Gasteiger partial charge in [0, 0.05) is 6.92 Å². The Bertz CT molecular complexity index is 231. The molecule has 1 amide bonds. The summed E-state index contributed by atoms with van der Waals surface area (Å²) in [5.74, 6) is -0.602. The van der Waals surface area contributed by atoms with Crippen molar-refractivity contribution in [3.8, 4) is 0 Å². The first-order chi connectivity index (χ1) is 8.07. The van der Waals surface area contributed by atoms with Crippen LogP contribution in [0.25, 0.3) is 0 Å². The molecule has 0 bridgehead atoms. The second kappa shape index (κ2) is 9.93. The molecule has 0 aliphatic rings. The number of hydrogen-bond acceptors (Lipinski definition) is 3. The Morgan fingerprint density at radius 3 is 2.06 bits per heavy atom. The van der Waals surface area contributed by atoms with E-state index in [9.17, 15) is 9.59 Å². The number of amides is 1. The lowest BCUT2D eigenvalue weighted by Crippen LogP contribution is -2.32. The molecule has 0 saturated heterocycles. The summed E-state index contributed by atoms with van der Waals surface area (Å²) in [6, 6.07) is 0. The Morgan fingerprint density at radius 2 is 1.59 bits per heavy atom. The van der Waals surface area contributed by atoms with Crippen LogP contribution in [0, 0.1) is 0 Å². The van der Waals surface area contributed by atoms with Crippen LogP contribution < -0.4 is 0 Å². The molecular formula is C12H23NO4. The number of carbonyl (C=O) groups is 2. The van der Waals surface area contributed by atoms with E-state index in [4.69, 9.17) is 5.11 Å². The Labute approximate surface area is 103 Å². The molecule has 17 heavy (non-hydrogen) atoms. The summed E-state index contributed by atoms with van der Waals surface area (Å²) in [7, 11) is 0. The van der Waals surface area contributed by atoms with Crippen LogP contribution >= 0.6 is 0 Å². The molecule has 5 nitrogen and oxygen atoms in total. The summed E-state index contributed by atoms with van der Waals surface area (Å²) in [6.07, 6.45) is 6.49. The number of nitrogens with zero attached hydrogens (tertiary/aromatic N) is 1. The highest BCUT2D eigenvalue weighted by atomic mass is 16.7. The van der Waals surface area contributed by atoms with Crippen LogP contribution in [0.4, 0.5) is 4.79 Å². The van der Waals surface area contributed by atoms with Crippen LogP contribution in [0.1, 0.15) is 58.8 Å². The van der Waals surface area contributed by atoms with Crippen molar-refractivity contribution in [3.63, 3.8) is 0 Å². The van der Waals surface area contributed by atoms with Crippen molar-refractivity contribution < 1.29 is 19.5 Å². The first-order valence-electron chi connectivity index (χ1n) is 6.27. The van der Waals surface area contributed by atoms with Gasteiger partial charge in [0.05, 0.1) is 6.54 Å². The smallest absolute Gasteiger partial charge is 0.440 e. The third-order valence-electron chi connectivity index (χ3n) is 2.42. The Hall–Kier alpha value is -1.26. The van der Waals surface area contributed by atoms with E-state index in [0.29, 0.717) is 5.06 Å². The van der Waals surface area contributed by atoms with Crippen LogP contribution in [0.15, 0.2) is 0 Å². The maximum Gasteiger partial charge on any atom is 0.440 e. The van der Waals surface area contributed by atoms with Crippen molar-refractivity contribution in [2.24, 2.45) is 0 Å². The molecule has 0 saturated carbocycles. The van der Waals surface area contributed by atoms with Gasteiger partial charge in [-0.05, 0) is 6.42 Å². The molecular weight excluding hydrogens is 222 g/mol. The lowest BCUT2D eigenvalue weighted by Gasteiger charge is -2.16. The van der Waals surface area contributed by atoms with Gasteiger partial charge in [-0.25, -0.2) is 4.79 Å². The predicted octanol–water partition coefficient (Wildman–Crippen LogP) is 3.20. The summed E-state index contributed by atoms with van der Waals surface area (Å²) in [5.41, 5.74) is 0. The van der Waals surface area contributed by atoms with Gasteiger partial charge < -0.3 is 9.94 Å². The van der Waals surface area contributed by atoms with Gasteiger partial charge in [0.2, 0.25) is 0 Å². The summed E-state index contributed by atoms with van der Waals surface area (Å²) >= 11 is 0. The summed E-state index contributed by atoms with van der Waals surface area (Å²) in [5, 5.41) is 9.45. The molecule has 0 aromatic heterocycles. The molecule has 0 fully saturated rings. The van der Waals surface area contributed by atoms with Crippen LogP contribution in [0.3, 0.4) is 0 Å². The zero-order valence-electron chi connectivity index (χ0n) is 10.8. The number of rotatable bonds is 8. The highest BCUT2D eigenvalue weighted by Gasteiger charge is 2.14. The Morgan fingerprint density at radius 1 is 1.06 bits per heavy atom. The third-order valence-corrected chi connectivity index (χ3v) is 2.42. The number of hydroxylamine groups is 2. The van der Waals surface area contributed by atoms with Crippen molar-refractivity contribution in [1.29, 1.82) is 0 Å². The van der Waals surface area contributed by atoms with Gasteiger partial charge in [-0.1, -0.05) is 45.4 Å². The van der Waals surface area contributed by atoms with Crippen molar-refractivity contribution >= 4 is 12.1 Å². The van der Waals surface area contributed by atoms with Gasteiger partial charge in [-0.3, -0.25) is 4.79 Å². The van der Waals surface area contributed by atoms with Crippen molar-refractivity contribution in [3.05, 3.63) is 0 Å². The van der Waals surface area contributed by atoms with Gasteiger partial charge in [0.25, 0.3) is 0 Å². The lowest BCUT2D eigenvalue weighted by molar-refractivity contribution is -0.177. The molecule has 0 unspecified atom stereocenters. The highest BCUT2D eigenvalue weighted by Crippen LogP contribution is 2.07. The van der Waals surface area contributed by atoms with Gasteiger partial charge in [0.15, 0.2) is 0 Å². The third kappa shape index (κ3) is 9.66. The van der Waals surface area contributed by atoms with E-state index in [0.717, 1.165) is 19.3 Å². The van der Waals surface area contributed by atoms with Gasteiger partial charge >= 0.3 is 12.1 Å². The quantitative estimate of drug-likeness (QED) is 0.526. The zero-order valence-corrected chi connectivity index (χ0v) is 10.8. The monoisotopic (exact) mass is 245 g/mol. The minimum absolute atomic E-state index is 0.253. The molecule has 0 atom stereocenters.